The van der Waals surface area contributed by atoms with Crippen LogP contribution in [0.4, 0.5) is 0 Å². The predicted molar refractivity (Wildman–Crippen MR) is 153 cm³/mol. The first-order valence-electron chi connectivity index (χ1n) is 13.1. The number of fused-ring (bicyclic) bond motifs is 1. The number of hydrogen-bond acceptors (Lipinski definition) is 2. The van der Waals surface area contributed by atoms with E-state index in [-0.39, 0.29) is 27.2 Å². The number of rotatable bonds is 11. The maximum atomic E-state index is 6.10. The summed E-state index contributed by atoms with van der Waals surface area (Å²) in [5, 5.41) is 0. The molecule has 2 nitrogen and oxygen atoms in total. The number of benzene rings is 2. The standard InChI is InChI=1S/C33H38O2Se/c1-6-34-23(3)28-19-14-20-29(24(4)35-7-2)33(28)36-25(5)32(27-16-11-8-12-17-27)31-22-21-26-15-10-9-13-18-30(26)31/h8-25,32H,6-7H2,1-5H3/t23-,24-,25-,32-/m1/s1. The van der Waals surface area contributed by atoms with Gasteiger partial charge in [0.2, 0.25) is 0 Å². The summed E-state index contributed by atoms with van der Waals surface area (Å²) in [6, 6.07) is 33.2. The summed E-state index contributed by atoms with van der Waals surface area (Å²) in [5.41, 5.74) is 8.04. The summed E-state index contributed by atoms with van der Waals surface area (Å²) < 4.78 is 13.6. The zero-order valence-corrected chi connectivity index (χ0v) is 23.8. The predicted octanol–water partition coefficient (Wildman–Crippen LogP) is 7.96. The van der Waals surface area contributed by atoms with Crippen LogP contribution >= 0.6 is 0 Å². The van der Waals surface area contributed by atoms with Gasteiger partial charge in [-0.3, -0.25) is 0 Å². The Morgan fingerprint density at radius 1 is 0.611 bits per heavy atom. The molecule has 4 rings (SSSR count). The second kappa shape index (κ2) is 12.7. The fourth-order valence-corrected chi connectivity index (χ4v) is 8.41. The van der Waals surface area contributed by atoms with Crippen molar-refractivity contribution in [3.05, 3.63) is 113 Å². The van der Waals surface area contributed by atoms with Crippen molar-refractivity contribution in [3.63, 3.8) is 0 Å². The molecule has 2 aliphatic carbocycles. The minimum absolute atomic E-state index is 0.0573. The number of ether oxygens (including phenoxy) is 2. The molecule has 0 N–H and O–H groups in total. The van der Waals surface area contributed by atoms with Crippen molar-refractivity contribution in [3.8, 4) is 11.1 Å². The first-order valence-corrected chi connectivity index (χ1v) is 14.9. The SMILES string of the molecule is CCO[C@H](C)c1cccc([C@@H](C)OCC)c1[Se][C@H](C)[C@H](c1ccccc1)c1ccc2cccccc1-2. The molecule has 0 unspecified atom stereocenters. The van der Waals surface area contributed by atoms with Crippen LogP contribution in [0.3, 0.4) is 0 Å². The molecule has 2 aromatic rings. The van der Waals surface area contributed by atoms with Crippen LogP contribution in [0.5, 0.6) is 0 Å². The van der Waals surface area contributed by atoms with Crippen LogP contribution in [0.15, 0.2) is 91.0 Å². The second-order valence-electron chi connectivity index (χ2n) is 9.24. The van der Waals surface area contributed by atoms with Gasteiger partial charge in [0, 0.05) is 0 Å². The Bertz CT molecular complexity index is 1170. The van der Waals surface area contributed by atoms with E-state index in [2.05, 4.69) is 126 Å². The zero-order valence-electron chi connectivity index (χ0n) is 22.1. The van der Waals surface area contributed by atoms with Crippen molar-refractivity contribution in [1.29, 1.82) is 0 Å². The summed E-state index contributed by atoms with van der Waals surface area (Å²) in [5.74, 6) is 0.303. The first kappa shape index (κ1) is 26.6. The number of hydrogen-bond donors (Lipinski definition) is 0. The van der Waals surface area contributed by atoms with Crippen LogP contribution in [-0.4, -0.2) is 28.2 Å². The van der Waals surface area contributed by atoms with Crippen molar-refractivity contribution in [2.24, 2.45) is 0 Å². The summed E-state index contributed by atoms with van der Waals surface area (Å²) in [7, 11) is 0. The van der Waals surface area contributed by atoms with Gasteiger partial charge in [-0.05, 0) is 0 Å². The fraction of sp³-hybridized carbons (Fsp3) is 0.333. The Balaban J connectivity index is 1.80. The molecule has 0 fully saturated rings. The molecule has 0 heterocycles. The van der Waals surface area contributed by atoms with E-state index in [1.807, 2.05) is 0 Å². The van der Waals surface area contributed by atoms with Crippen molar-refractivity contribution in [2.75, 3.05) is 13.2 Å². The molecular weight excluding hydrogens is 507 g/mol. The molecule has 36 heavy (non-hydrogen) atoms. The molecule has 0 radical (unpaired) electrons. The molecule has 0 spiro atoms. The minimum atomic E-state index is 0.0573. The average molecular weight is 546 g/mol. The second-order valence-corrected chi connectivity index (χ2v) is 12.2. The molecule has 0 bridgehead atoms. The van der Waals surface area contributed by atoms with Gasteiger partial charge in [0.15, 0.2) is 0 Å². The van der Waals surface area contributed by atoms with Crippen molar-refractivity contribution < 1.29 is 9.47 Å². The van der Waals surface area contributed by atoms with E-state index in [4.69, 9.17) is 9.47 Å². The van der Waals surface area contributed by atoms with Gasteiger partial charge in [0.25, 0.3) is 0 Å². The molecule has 0 aromatic heterocycles. The molecule has 0 saturated heterocycles. The first-order chi connectivity index (χ1) is 17.5. The van der Waals surface area contributed by atoms with Crippen LogP contribution < -0.4 is 4.46 Å². The summed E-state index contributed by atoms with van der Waals surface area (Å²) in [6.07, 6.45) is 0.115. The van der Waals surface area contributed by atoms with Gasteiger partial charge in [0.05, 0.1) is 0 Å². The van der Waals surface area contributed by atoms with Crippen LogP contribution in [0.2, 0.25) is 4.82 Å². The Kier molecular flexibility index (Phi) is 9.40. The van der Waals surface area contributed by atoms with E-state index >= 15 is 0 Å². The molecule has 0 amide bonds. The van der Waals surface area contributed by atoms with Crippen LogP contribution in [0.1, 0.15) is 75.0 Å². The molecule has 188 valence electrons. The van der Waals surface area contributed by atoms with Gasteiger partial charge < -0.3 is 0 Å². The third kappa shape index (κ3) is 5.93. The third-order valence-electron chi connectivity index (χ3n) is 6.88. The monoisotopic (exact) mass is 546 g/mol. The van der Waals surface area contributed by atoms with E-state index < -0.39 is 0 Å². The van der Waals surface area contributed by atoms with E-state index in [0.29, 0.717) is 23.9 Å². The quantitative estimate of drug-likeness (QED) is 0.178. The molecule has 4 atom stereocenters. The normalized spacial score (nSPS) is 14.9. The third-order valence-corrected chi connectivity index (χ3v) is 9.71. The van der Waals surface area contributed by atoms with Crippen molar-refractivity contribution in [2.45, 2.75) is 57.6 Å². The summed E-state index contributed by atoms with van der Waals surface area (Å²) in [4.78, 5) is 0.429. The van der Waals surface area contributed by atoms with Crippen molar-refractivity contribution >= 4 is 19.4 Å². The molecule has 3 heteroatoms. The van der Waals surface area contributed by atoms with Gasteiger partial charge in [-0.2, -0.15) is 0 Å². The van der Waals surface area contributed by atoms with E-state index in [1.165, 1.54) is 37.8 Å². The van der Waals surface area contributed by atoms with Crippen LogP contribution in [-0.2, 0) is 9.47 Å². The Morgan fingerprint density at radius 2 is 1.19 bits per heavy atom. The molecular formula is C33H38O2Se. The zero-order chi connectivity index (χ0) is 25.5. The van der Waals surface area contributed by atoms with Gasteiger partial charge in [-0.25, -0.2) is 0 Å². The van der Waals surface area contributed by atoms with Gasteiger partial charge in [0.1, 0.15) is 0 Å². The maximum absolute atomic E-state index is 6.10. The average Bonchev–Trinajstić information content (AvgIpc) is 3.11. The van der Waals surface area contributed by atoms with E-state index in [0.717, 1.165) is 0 Å². The van der Waals surface area contributed by atoms with Crippen LogP contribution in [0.25, 0.3) is 11.1 Å². The Hall–Kier alpha value is -2.42. The van der Waals surface area contributed by atoms with Gasteiger partial charge in [-0.15, -0.1) is 0 Å². The van der Waals surface area contributed by atoms with Crippen LogP contribution in [0, 0.1) is 0 Å². The molecule has 0 aliphatic heterocycles. The van der Waals surface area contributed by atoms with E-state index in [9.17, 15) is 0 Å². The fourth-order valence-electron chi connectivity index (χ4n) is 5.16. The summed E-state index contributed by atoms with van der Waals surface area (Å²) in [6.45, 7) is 12.3. The van der Waals surface area contributed by atoms with E-state index in [1.54, 1.807) is 0 Å². The van der Waals surface area contributed by atoms with Gasteiger partial charge >= 0.3 is 224 Å². The molecule has 0 saturated carbocycles. The molecule has 2 aliphatic rings. The topological polar surface area (TPSA) is 18.5 Å². The molecule has 2 aromatic carbocycles. The summed E-state index contributed by atoms with van der Waals surface area (Å²) >= 11 is 0.198. The van der Waals surface area contributed by atoms with Crippen molar-refractivity contribution in [1.82, 2.24) is 0 Å². The Morgan fingerprint density at radius 3 is 1.81 bits per heavy atom. The Labute approximate surface area is 223 Å². The van der Waals surface area contributed by atoms with Gasteiger partial charge in [-0.1, -0.05) is 0 Å².